The van der Waals surface area contributed by atoms with Crippen molar-refractivity contribution in [3.05, 3.63) is 74.9 Å². The van der Waals surface area contributed by atoms with E-state index >= 15 is 0 Å². The van der Waals surface area contributed by atoms with Crippen molar-refractivity contribution in [3.63, 3.8) is 0 Å². The summed E-state index contributed by atoms with van der Waals surface area (Å²) in [6.45, 7) is 3.29. The molecular formula is C26H29Cl2N3OS. The van der Waals surface area contributed by atoms with Crippen LogP contribution < -0.4 is 4.90 Å². The van der Waals surface area contributed by atoms with Crippen molar-refractivity contribution in [2.45, 2.75) is 18.9 Å². The van der Waals surface area contributed by atoms with Crippen LogP contribution in [0.3, 0.4) is 0 Å². The Labute approximate surface area is 210 Å². The van der Waals surface area contributed by atoms with Crippen LogP contribution in [-0.4, -0.2) is 56.0 Å². The van der Waals surface area contributed by atoms with Gasteiger partial charge in [0.15, 0.2) is 0 Å². The number of thiophene rings is 1. The number of likely N-dealkylation sites (tertiary alicyclic amines) is 1. The monoisotopic (exact) mass is 501 g/mol. The van der Waals surface area contributed by atoms with Gasteiger partial charge in [-0.05, 0) is 77.6 Å². The highest BCUT2D eigenvalue weighted by molar-refractivity contribution is 7.08. The van der Waals surface area contributed by atoms with Crippen molar-refractivity contribution in [1.29, 1.82) is 0 Å². The fraction of sp³-hybridized carbons (Fsp3) is 0.346. The molecule has 4 rings (SSSR count). The van der Waals surface area contributed by atoms with E-state index in [1.54, 1.807) is 23.5 Å². The lowest BCUT2D eigenvalue weighted by Gasteiger charge is -2.33. The Kier molecular flexibility index (Phi) is 7.97. The van der Waals surface area contributed by atoms with E-state index in [-0.39, 0.29) is 18.5 Å². The number of halogens is 2. The zero-order chi connectivity index (χ0) is 23.4. The zero-order valence-corrected chi connectivity index (χ0v) is 21.3. The third-order valence-corrected chi connectivity index (χ3v) is 7.78. The van der Waals surface area contributed by atoms with E-state index in [2.05, 4.69) is 46.0 Å². The Morgan fingerprint density at radius 2 is 1.73 bits per heavy atom. The number of carbonyl (C=O) groups excluding carboxylic acids is 1. The first kappa shape index (κ1) is 24.1. The normalized spacial score (nSPS) is 14.9. The highest BCUT2D eigenvalue weighted by atomic mass is 35.5. The van der Waals surface area contributed by atoms with Gasteiger partial charge in [0.2, 0.25) is 5.91 Å². The smallest absolute Gasteiger partial charge is 0.242 e. The summed E-state index contributed by atoms with van der Waals surface area (Å²) in [6.07, 6.45) is 2.45. The Bertz CT molecular complexity index is 1070. The molecule has 7 heteroatoms. The Hall–Kier alpha value is -2.05. The van der Waals surface area contributed by atoms with Crippen LogP contribution in [0.2, 0.25) is 10.0 Å². The number of anilines is 1. The first-order valence-electron chi connectivity index (χ1n) is 11.2. The minimum absolute atomic E-state index is 0.00525. The predicted octanol–water partition coefficient (Wildman–Crippen LogP) is 6.45. The number of amides is 1. The fourth-order valence-electron chi connectivity index (χ4n) is 4.29. The summed E-state index contributed by atoms with van der Waals surface area (Å²) >= 11 is 13.9. The van der Waals surface area contributed by atoms with Gasteiger partial charge in [0.25, 0.3) is 0 Å². The van der Waals surface area contributed by atoms with Gasteiger partial charge < -0.3 is 14.7 Å². The third-order valence-electron chi connectivity index (χ3n) is 6.36. The maximum atomic E-state index is 13.3. The van der Waals surface area contributed by atoms with Crippen LogP contribution in [0.4, 0.5) is 5.69 Å². The summed E-state index contributed by atoms with van der Waals surface area (Å²) in [5, 5.41) is 5.25. The molecule has 0 bridgehead atoms. The maximum absolute atomic E-state index is 13.3. The van der Waals surface area contributed by atoms with Crippen LogP contribution in [0, 0.1) is 0 Å². The molecule has 1 aliphatic heterocycles. The Morgan fingerprint density at radius 3 is 2.36 bits per heavy atom. The summed E-state index contributed by atoms with van der Waals surface area (Å²) < 4.78 is 0. The SMILES string of the molecule is CN(CC(=O)N(C)C(CN1CCCC1)c1ccc(-c2ccsc2)cc1)c1ccc(Cl)c(Cl)c1. The lowest BCUT2D eigenvalue weighted by molar-refractivity contribution is -0.131. The fourth-order valence-corrected chi connectivity index (χ4v) is 5.25. The molecule has 0 N–H and O–H groups in total. The molecule has 0 saturated carbocycles. The van der Waals surface area contributed by atoms with Crippen molar-refractivity contribution in [2.24, 2.45) is 0 Å². The topological polar surface area (TPSA) is 26.8 Å². The van der Waals surface area contributed by atoms with Crippen molar-refractivity contribution in [3.8, 4) is 11.1 Å². The van der Waals surface area contributed by atoms with Crippen LogP contribution in [-0.2, 0) is 4.79 Å². The zero-order valence-electron chi connectivity index (χ0n) is 19.0. The van der Waals surface area contributed by atoms with Crippen molar-refractivity contribution in [2.75, 3.05) is 45.2 Å². The van der Waals surface area contributed by atoms with E-state index in [1.807, 2.05) is 30.0 Å². The second-order valence-corrected chi connectivity index (χ2v) is 10.2. The summed E-state index contributed by atoms with van der Waals surface area (Å²) in [5.41, 5.74) is 4.46. The molecule has 4 nitrogen and oxygen atoms in total. The molecule has 174 valence electrons. The van der Waals surface area contributed by atoms with Crippen LogP contribution in [0.25, 0.3) is 11.1 Å². The summed E-state index contributed by atoms with van der Waals surface area (Å²) in [4.78, 5) is 19.6. The minimum atomic E-state index is -0.00525. The van der Waals surface area contributed by atoms with Crippen molar-refractivity contribution >= 4 is 46.1 Å². The van der Waals surface area contributed by atoms with Gasteiger partial charge in [-0.3, -0.25) is 4.79 Å². The first-order valence-corrected chi connectivity index (χ1v) is 12.9. The highest BCUT2D eigenvalue weighted by Gasteiger charge is 2.26. The molecule has 2 heterocycles. The summed E-state index contributed by atoms with van der Waals surface area (Å²) in [5.74, 6) is 0.0645. The average molecular weight is 503 g/mol. The standard InChI is InChI=1S/C26H29Cl2N3OS/c1-29(22-9-10-23(27)24(28)15-22)17-26(32)30(2)25(16-31-12-3-4-13-31)20-7-5-19(6-8-20)21-11-14-33-18-21/h5-11,14-15,18,25H,3-4,12-13,16-17H2,1-2H3. The van der Waals surface area contributed by atoms with Gasteiger partial charge in [0.05, 0.1) is 22.6 Å². The molecular weight excluding hydrogens is 473 g/mol. The average Bonchev–Trinajstić information content (AvgIpc) is 3.53. The van der Waals surface area contributed by atoms with Crippen LogP contribution in [0.15, 0.2) is 59.3 Å². The van der Waals surface area contributed by atoms with Gasteiger partial charge in [-0.1, -0.05) is 47.5 Å². The number of nitrogens with zero attached hydrogens (tertiary/aromatic N) is 3. The van der Waals surface area contributed by atoms with E-state index in [1.165, 1.54) is 24.0 Å². The van der Waals surface area contributed by atoms with E-state index < -0.39 is 0 Å². The van der Waals surface area contributed by atoms with Crippen LogP contribution in [0.1, 0.15) is 24.4 Å². The first-order chi connectivity index (χ1) is 15.9. The largest absolute Gasteiger partial charge is 0.365 e. The van der Waals surface area contributed by atoms with Gasteiger partial charge in [-0.25, -0.2) is 0 Å². The summed E-state index contributed by atoms with van der Waals surface area (Å²) in [6, 6.07) is 16.2. The second-order valence-electron chi connectivity index (χ2n) is 8.62. The van der Waals surface area contributed by atoms with E-state index in [0.29, 0.717) is 10.0 Å². The molecule has 0 spiro atoms. The van der Waals surface area contributed by atoms with Crippen LogP contribution in [0.5, 0.6) is 0 Å². The number of carbonyl (C=O) groups is 1. The molecule has 1 unspecified atom stereocenters. The van der Waals surface area contributed by atoms with Gasteiger partial charge in [0.1, 0.15) is 0 Å². The van der Waals surface area contributed by atoms with Gasteiger partial charge in [0, 0.05) is 26.3 Å². The van der Waals surface area contributed by atoms with E-state index in [4.69, 9.17) is 23.2 Å². The maximum Gasteiger partial charge on any atom is 0.242 e. The lowest BCUT2D eigenvalue weighted by Crippen LogP contribution is -2.42. The van der Waals surface area contributed by atoms with Crippen LogP contribution >= 0.6 is 34.5 Å². The molecule has 1 saturated heterocycles. The minimum Gasteiger partial charge on any atom is -0.365 e. The Balaban J connectivity index is 1.51. The van der Waals surface area contributed by atoms with Crippen molar-refractivity contribution < 1.29 is 4.79 Å². The van der Waals surface area contributed by atoms with E-state index in [0.717, 1.165) is 30.9 Å². The molecule has 1 aliphatic rings. The molecule has 2 aromatic carbocycles. The molecule has 1 aromatic heterocycles. The third kappa shape index (κ3) is 5.90. The highest BCUT2D eigenvalue weighted by Crippen LogP contribution is 2.29. The van der Waals surface area contributed by atoms with Gasteiger partial charge in [-0.15, -0.1) is 0 Å². The molecule has 33 heavy (non-hydrogen) atoms. The quantitative estimate of drug-likeness (QED) is 0.354. The number of rotatable bonds is 8. The summed E-state index contributed by atoms with van der Waals surface area (Å²) in [7, 11) is 3.81. The molecule has 0 aliphatic carbocycles. The molecule has 0 radical (unpaired) electrons. The van der Waals surface area contributed by atoms with Crippen molar-refractivity contribution in [1.82, 2.24) is 9.80 Å². The molecule has 1 amide bonds. The predicted molar refractivity (Wildman–Crippen MR) is 141 cm³/mol. The Morgan fingerprint density at radius 1 is 1.00 bits per heavy atom. The van der Waals surface area contributed by atoms with Gasteiger partial charge in [-0.2, -0.15) is 11.3 Å². The number of benzene rings is 2. The van der Waals surface area contributed by atoms with E-state index in [9.17, 15) is 4.79 Å². The second kappa shape index (κ2) is 10.9. The van der Waals surface area contributed by atoms with Gasteiger partial charge >= 0.3 is 0 Å². The molecule has 3 aromatic rings. The lowest BCUT2D eigenvalue weighted by atomic mass is 10.0. The number of hydrogen-bond donors (Lipinski definition) is 0. The molecule has 1 atom stereocenters. The molecule has 1 fully saturated rings. The number of likely N-dealkylation sites (N-methyl/N-ethyl adjacent to an activating group) is 2. The number of hydrogen-bond acceptors (Lipinski definition) is 4.